The van der Waals surface area contributed by atoms with Crippen LogP contribution in [0.3, 0.4) is 0 Å². The Balaban J connectivity index is 1.41. The van der Waals surface area contributed by atoms with Crippen LogP contribution in [0.5, 0.6) is 11.5 Å². The zero-order chi connectivity index (χ0) is 30.0. The molecule has 8 nitrogen and oxygen atoms in total. The number of benzene rings is 3. The predicted octanol–water partition coefficient (Wildman–Crippen LogP) is 6.97. The summed E-state index contributed by atoms with van der Waals surface area (Å²) >= 11 is -1.43. The van der Waals surface area contributed by atoms with E-state index in [0.717, 1.165) is 16.5 Å². The minimum Gasteiger partial charge on any atom is -0.593 e. The lowest BCUT2D eigenvalue weighted by molar-refractivity contribution is 0.103. The number of carbonyl (C=O) groups is 1. The molecule has 0 saturated carbocycles. The van der Waals surface area contributed by atoms with Gasteiger partial charge in [0.05, 0.1) is 46.9 Å². The molecule has 42 heavy (non-hydrogen) atoms. The molecule has 0 unspecified atom stereocenters. The molecule has 3 aromatic carbocycles. The van der Waals surface area contributed by atoms with Gasteiger partial charge in [0, 0.05) is 17.3 Å². The second-order valence-corrected chi connectivity index (χ2v) is 11.5. The number of ether oxygens (including phenoxy) is 1. The fraction of sp³-hybridized carbons (Fsp3) is 0.226. The molecule has 2 heterocycles. The van der Waals surface area contributed by atoms with Gasteiger partial charge in [-0.05, 0) is 72.5 Å². The van der Waals surface area contributed by atoms with Gasteiger partial charge >= 0.3 is 0 Å². The van der Waals surface area contributed by atoms with Gasteiger partial charge in [-0.15, -0.1) is 0 Å². The molecule has 5 rings (SSSR count). The van der Waals surface area contributed by atoms with Crippen molar-refractivity contribution in [3.05, 3.63) is 95.1 Å². The third-order valence-corrected chi connectivity index (χ3v) is 7.96. The lowest BCUT2D eigenvalue weighted by Gasteiger charge is -2.17. The molecular weight excluding hydrogens is 560 g/mol. The Labute approximate surface area is 245 Å². The Morgan fingerprint density at radius 2 is 1.98 bits per heavy atom. The summed E-state index contributed by atoms with van der Waals surface area (Å²) in [5.41, 5.74) is 10.6. The fourth-order valence-corrected chi connectivity index (χ4v) is 5.59. The molecule has 0 bridgehead atoms. The third kappa shape index (κ3) is 5.97. The van der Waals surface area contributed by atoms with E-state index in [-0.39, 0.29) is 41.0 Å². The Hall–Kier alpha value is -4.35. The quantitative estimate of drug-likeness (QED) is 0.113. The molecule has 0 amide bonds. The molecule has 1 atom stereocenters. The number of alkyl halides is 1. The van der Waals surface area contributed by atoms with Crippen LogP contribution in [0.15, 0.2) is 66.9 Å². The second-order valence-electron chi connectivity index (χ2n) is 10.2. The Kier molecular flexibility index (Phi) is 8.51. The number of carbonyl (C=O) groups excluding carboxylic acids is 1. The molecule has 0 aliphatic carbocycles. The normalized spacial score (nSPS) is 12.2. The van der Waals surface area contributed by atoms with Crippen LogP contribution in [-0.4, -0.2) is 37.5 Å². The van der Waals surface area contributed by atoms with Crippen molar-refractivity contribution in [3.8, 4) is 17.2 Å². The molecule has 0 saturated heterocycles. The van der Waals surface area contributed by atoms with E-state index in [4.69, 9.17) is 10.5 Å². The van der Waals surface area contributed by atoms with Crippen molar-refractivity contribution in [1.29, 1.82) is 0 Å². The van der Waals surface area contributed by atoms with Crippen molar-refractivity contribution in [3.63, 3.8) is 0 Å². The van der Waals surface area contributed by atoms with E-state index in [1.807, 2.05) is 32.9 Å². The number of aromatic nitrogens is 3. The van der Waals surface area contributed by atoms with Crippen LogP contribution in [0.4, 0.5) is 20.3 Å². The van der Waals surface area contributed by atoms with Gasteiger partial charge in [-0.25, -0.2) is 13.8 Å². The first-order chi connectivity index (χ1) is 20.2. The van der Waals surface area contributed by atoms with Gasteiger partial charge in [0.25, 0.3) is 0 Å². The van der Waals surface area contributed by atoms with Crippen molar-refractivity contribution < 1.29 is 22.9 Å². The third-order valence-electron chi connectivity index (χ3n) is 6.86. The molecule has 2 aromatic heterocycles. The highest BCUT2D eigenvalue weighted by molar-refractivity contribution is 7.92. The van der Waals surface area contributed by atoms with Crippen LogP contribution in [0.25, 0.3) is 16.6 Å². The Morgan fingerprint density at radius 3 is 2.69 bits per heavy atom. The number of para-hydroxylation sites is 1. The molecule has 0 aliphatic heterocycles. The summed E-state index contributed by atoms with van der Waals surface area (Å²) in [6.45, 7) is 5.35. The first kappa shape index (κ1) is 29.2. The number of anilines is 2. The van der Waals surface area contributed by atoms with Crippen LogP contribution >= 0.6 is 0 Å². The molecule has 5 aromatic rings. The maximum absolute atomic E-state index is 14.0. The molecule has 4 N–H and O–H groups in total. The number of rotatable bonds is 11. The number of halogens is 2. The molecular formula is C31H31F2N5O3S. The van der Waals surface area contributed by atoms with Crippen molar-refractivity contribution in [1.82, 2.24) is 14.8 Å². The molecule has 0 fully saturated rings. The van der Waals surface area contributed by atoms with Crippen molar-refractivity contribution in [2.45, 2.75) is 33.1 Å². The van der Waals surface area contributed by atoms with Gasteiger partial charge in [0.15, 0.2) is 11.6 Å². The summed E-state index contributed by atoms with van der Waals surface area (Å²) in [6, 6.07) is 16.8. The van der Waals surface area contributed by atoms with Gasteiger partial charge in [0.1, 0.15) is 17.3 Å². The van der Waals surface area contributed by atoms with Gasteiger partial charge in [0.2, 0.25) is 5.78 Å². The first-order valence-electron chi connectivity index (χ1n) is 13.5. The topological polar surface area (TPSA) is 121 Å². The summed E-state index contributed by atoms with van der Waals surface area (Å²) in [5, 5.41) is 5.18. The van der Waals surface area contributed by atoms with E-state index in [1.165, 1.54) is 16.9 Å². The number of ketones is 1. The van der Waals surface area contributed by atoms with Gasteiger partial charge in [-0.1, -0.05) is 26.0 Å². The number of nitrogens with one attached hydrogen (secondary N) is 2. The SMILES string of the molecule is Cc1cc(Oc2ccccc2F)ccc1-n1ncc(C(=O)c2cc3cc(C(C)C)c(N[S@+]([O-])CCCF)cc3[nH]2)c1N. The van der Waals surface area contributed by atoms with E-state index >= 15 is 0 Å². The van der Waals surface area contributed by atoms with Crippen LogP contribution in [-0.2, 0) is 11.4 Å². The largest absolute Gasteiger partial charge is 0.593 e. The maximum Gasteiger partial charge on any atom is 0.214 e. The second kappa shape index (κ2) is 12.3. The Morgan fingerprint density at radius 1 is 1.19 bits per heavy atom. The molecule has 0 aliphatic rings. The molecule has 218 valence electrons. The van der Waals surface area contributed by atoms with Crippen molar-refractivity contribution >= 4 is 39.6 Å². The number of aromatic amines is 1. The van der Waals surface area contributed by atoms with Crippen LogP contribution in [0.1, 0.15) is 53.4 Å². The Bertz CT molecular complexity index is 1750. The van der Waals surface area contributed by atoms with E-state index in [9.17, 15) is 18.1 Å². The summed E-state index contributed by atoms with van der Waals surface area (Å²) in [6.07, 6.45) is 1.63. The number of hydrogen-bond acceptors (Lipinski definition) is 6. The molecule has 0 spiro atoms. The van der Waals surface area contributed by atoms with Crippen molar-refractivity contribution in [2.24, 2.45) is 0 Å². The first-order valence-corrected chi connectivity index (χ1v) is 14.8. The maximum atomic E-state index is 14.0. The summed E-state index contributed by atoms with van der Waals surface area (Å²) in [5.74, 6) is 0.240. The number of H-pyrrole nitrogens is 1. The summed E-state index contributed by atoms with van der Waals surface area (Å²) in [7, 11) is 0. The zero-order valence-corrected chi connectivity index (χ0v) is 24.2. The lowest BCUT2D eigenvalue weighted by Crippen LogP contribution is -2.18. The molecule has 11 heteroatoms. The van der Waals surface area contributed by atoms with Crippen LogP contribution in [0, 0.1) is 12.7 Å². The van der Waals surface area contributed by atoms with Crippen molar-refractivity contribution in [2.75, 3.05) is 22.9 Å². The highest BCUT2D eigenvalue weighted by Crippen LogP contribution is 2.33. The van der Waals surface area contributed by atoms with E-state index in [2.05, 4.69) is 14.8 Å². The number of nitrogen functional groups attached to an aromatic ring is 1. The number of nitrogens with zero attached hydrogens (tertiary/aromatic N) is 2. The number of hydrogen-bond donors (Lipinski definition) is 3. The number of nitrogens with two attached hydrogens (primary N) is 1. The lowest BCUT2D eigenvalue weighted by atomic mass is 9.99. The van der Waals surface area contributed by atoms with Crippen LogP contribution < -0.4 is 15.2 Å². The van der Waals surface area contributed by atoms with Gasteiger partial charge in [-0.3, -0.25) is 9.18 Å². The van der Waals surface area contributed by atoms with E-state index in [1.54, 1.807) is 42.5 Å². The van der Waals surface area contributed by atoms with E-state index < -0.39 is 23.9 Å². The highest BCUT2D eigenvalue weighted by Gasteiger charge is 2.22. The average molecular weight is 592 g/mol. The van der Waals surface area contributed by atoms with E-state index in [0.29, 0.717) is 28.3 Å². The van der Waals surface area contributed by atoms with Gasteiger partial charge < -0.3 is 20.0 Å². The monoisotopic (exact) mass is 591 g/mol. The fourth-order valence-electron chi connectivity index (χ4n) is 4.70. The standard InChI is InChI=1S/C31H31F2N5O3S/c1-18(2)22-14-20-15-27(36-25(20)16-26(22)37-42(40)12-6-11-32)30(39)23-17-35-38(31(23)34)28-10-9-21(13-19(28)3)41-29-8-5-4-7-24(29)33/h4-5,7-10,13-18,36-37H,6,11-12,34H2,1-3H3/t42-/m1/s1. The smallest absolute Gasteiger partial charge is 0.214 e. The minimum absolute atomic E-state index is 0.114. The number of fused-ring (bicyclic) bond motifs is 1. The van der Waals surface area contributed by atoms with Crippen LogP contribution in [0.2, 0.25) is 0 Å². The highest BCUT2D eigenvalue weighted by atomic mass is 32.2. The minimum atomic E-state index is -1.43. The average Bonchev–Trinajstić information content (AvgIpc) is 3.55. The zero-order valence-electron chi connectivity index (χ0n) is 23.4. The summed E-state index contributed by atoms with van der Waals surface area (Å²) < 4.78 is 49.1. The molecule has 0 radical (unpaired) electrons. The van der Waals surface area contributed by atoms with Gasteiger partial charge in [-0.2, -0.15) is 5.10 Å². The predicted molar refractivity (Wildman–Crippen MR) is 162 cm³/mol. The number of aryl methyl sites for hydroxylation is 1. The summed E-state index contributed by atoms with van der Waals surface area (Å²) in [4.78, 5) is 16.7.